The summed E-state index contributed by atoms with van der Waals surface area (Å²) in [4.78, 5) is 15.9. The van der Waals surface area contributed by atoms with Crippen LogP contribution >= 0.6 is 39.1 Å². The van der Waals surface area contributed by atoms with E-state index in [1.807, 2.05) is 18.2 Å². The Morgan fingerprint density at radius 3 is 2.63 bits per heavy atom. The highest BCUT2D eigenvalue weighted by Gasteiger charge is 2.17. The van der Waals surface area contributed by atoms with Crippen LogP contribution < -0.4 is 5.32 Å². The highest BCUT2D eigenvalue weighted by Crippen LogP contribution is 2.25. The van der Waals surface area contributed by atoms with Crippen molar-refractivity contribution in [2.75, 3.05) is 5.32 Å². The second kappa shape index (κ2) is 6.37. The number of aromatic nitrogens is 1. The summed E-state index contributed by atoms with van der Waals surface area (Å²) >= 11 is 15.1. The van der Waals surface area contributed by atoms with Gasteiger partial charge in [0.1, 0.15) is 10.5 Å². The fourth-order valence-corrected chi connectivity index (χ4v) is 2.12. The Morgan fingerprint density at radius 1 is 1.32 bits per heavy atom. The third-order valence-corrected chi connectivity index (χ3v) is 3.97. The van der Waals surface area contributed by atoms with Gasteiger partial charge in [0, 0.05) is 0 Å². The molecule has 1 heterocycles. The van der Waals surface area contributed by atoms with E-state index < -0.39 is 5.38 Å². The van der Waals surface area contributed by atoms with Gasteiger partial charge >= 0.3 is 0 Å². The molecule has 1 atom stereocenters. The number of amides is 1. The molecular weight excluding hydrogens is 351 g/mol. The van der Waals surface area contributed by atoms with Gasteiger partial charge in [0.25, 0.3) is 0 Å². The van der Waals surface area contributed by atoms with E-state index in [0.717, 1.165) is 5.56 Å². The first-order chi connectivity index (χ1) is 9.08. The van der Waals surface area contributed by atoms with Crippen molar-refractivity contribution in [3.8, 4) is 0 Å². The minimum atomic E-state index is -0.754. The molecule has 2 aromatic rings. The van der Waals surface area contributed by atoms with Gasteiger partial charge in [0.2, 0.25) is 5.91 Å². The van der Waals surface area contributed by atoms with Crippen LogP contribution in [0.1, 0.15) is 10.9 Å². The number of nitrogens with one attached hydrogen (secondary N) is 1. The highest BCUT2D eigenvalue weighted by atomic mass is 79.9. The van der Waals surface area contributed by atoms with Gasteiger partial charge in [-0.2, -0.15) is 0 Å². The zero-order valence-corrected chi connectivity index (χ0v) is 12.7. The van der Waals surface area contributed by atoms with Crippen LogP contribution in [0.15, 0.2) is 47.1 Å². The number of carbonyl (C=O) groups excluding carboxylic acids is 1. The summed E-state index contributed by atoms with van der Waals surface area (Å²) < 4.78 is 0.609. The quantitative estimate of drug-likeness (QED) is 0.651. The number of pyridine rings is 1. The standard InChI is InChI=1S/C13H9BrCl2N2O/c14-10-6-9(7-17-12(10)16)18-13(19)11(15)8-4-2-1-3-5-8/h1-7,11H,(H,18,19). The van der Waals surface area contributed by atoms with Crippen LogP contribution in [0, 0.1) is 0 Å². The molecule has 0 saturated heterocycles. The fraction of sp³-hybridized carbons (Fsp3) is 0.0769. The van der Waals surface area contributed by atoms with Crippen molar-refractivity contribution in [2.45, 2.75) is 5.38 Å². The maximum absolute atomic E-state index is 12.0. The average molecular weight is 360 g/mol. The van der Waals surface area contributed by atoms with Crippen molar-refractivity contribution in [3.63, 3.8) is 0 Å². The molecule has 1 amide bonds. The predicted octanol–water partition coefficient (Wildman–Crippen LogP) is 4.42. The first kappa shape index (κ1) is 14.3. The van der Waals surface area contributed by atoms with Crippen LogP contribution in [0.5, 0.6) is 0 Å². The van der Waals surface area contributed by atoms with E-state index in [1.165, 1.54) is 6.20 Å². The molecule has 6 heteroatoms. The smallest absolute Gasteiger partial charge is 0.247 e. The first-order valence-corrected chi connectivity index (χ1v) is 6.99. The molecule has 1 N–H and O–H groups in total. The molecule has 0 saturated carbocycles. The third-order valence-electron chi connectivity index (χ3n) is 2.39. The normalized spacial score (nSPS) is 11.9. The Hall–Kier alpha value is -1.10. The van der Waals surface area contributed by atoms with Crippen molar-refractivity contribution in [3.05, 3.63) is 57.8 Å². The molecule has 1 aromatic carbocycles. The summed E-state index contributed by atoms with van der Waals surface area (Å²) in [7, 11) is 0. The largest absolute Gasteiger partial charge is 0.323 e. The van der Waals surface area contributed by atoms with Crippen molar-refractivity contribution in [1.29, 1.82) is 0 Å². The van der Waals surface area contributed by atoms with Gasteiger partial charge in [-0.25, -0.2) is 4.98 Å². The van der Waals surface area contributed by atoms with Crippen LogP contribution in [0.4, 0.5) is 5.69 Å². The van der Waals surface area contributed by atoms with Gasteiger partial charge < -0.3 is 5.32 Å². The van der Waals surface area contributed by atoms with Gasteiger partial charge in [0.05, 0.1) is 16.4 Å². The second-order valence-corrected chi connectivity index (χ2v) is 5.41. The molecule has 1 unspecified atom stereocenters. The average Bonchev–Trinajstić information content (AvgIpc) is 2.43. The molecule has 0 aliphatic rings. The van der Waals surface area contributed by atoms with E-state index in [2.05, 4.69) is 26.2 Å². The molecule has 0 radical (unpaired) electrons. The molecular formula is C13H9BrCl2N2O. The summed E-state index contributed by atoms with van der Waals surface area (Å²) in [6, 6.07) is 10.8. The number of rotatable bonds is 3. The fourth-order valence-electron chi connectivity index (χ4n) is 1.47. The number of nitrogens with zero attached hydrogens (tertiary/aromatic N) is 1. The van der Waals surface area contributed by atoms with E-state index in [0.29, 0.717) is 15.3 Å². The van der Waals surface area contributed by atoms with E-state index in [9.17, 15) is 4.79 Å². The minimum Gasteiger partial charge on any atom is -0.323 e. The molecule has 0 bridgehead atoms. The summed E-state index contributed by atoms with van der Waals surface area (Å²) in [6.07, 6.45) is 1.47. The Morgan fingerprint density at radius 2 is 2.00 bits per heavy atom. The van der Waals surface area contributed by atoms with Crippen LogP contribution in [0.25, 0.3) is 0 Å². The SMILES string of the molecule is O=C(Nc1cnc(Cl)c(Br)c1)C(Cl)c1ccccc1. The van der Waals surface area contributed by atoms with E-state index in [1.54, 1.807) is 18.2 Å². The predicted molar refractivity (Wildman–Crippen MR) is 80.6 cm³/mol. The first-order valence-electron chi connectivity index (χ1n) is 5.39. The second-order valence-electron chi connectivity index (χ2n) is 3.76. The minimum absolute atomic E-state index is 0.316. The lowest BCUT2D eigenvalue weighted by Crippen LogP contribution is -2.17. The molecule has 0 aliphatic carbocycles. The molecule has 98 valence electrons. The maximum Gasteiger partial charge on any atom is 0.247 e. The van der Waals surface area contributed by atoms with Gasteiger partial charge in [-0.05, 0) is 27.6 Å². The number of halogens is 3. The third kappa shape index (κ3) is 3.69. The lowest BCUT2D eigenvalue weighted by molar-refractivity contribution is -0.116. The van der Waals surface area contributed by atoms with Crippen LogP contribution in [-0.2, 0) is 4.79 Å². The zero-order chi connectivity index (χ0) is 13.8. The van der Waals surface area contributed by atoms with Crippen LogP contribution in [0.3, 0.4) is 0 Å². The van der Waals surface area contributed by atoms with Crippen molar-refractivity contribution >= 4 is 50.7 Å². The molecule has 0 fully saturated rings. The molecule has 2 rings (SSSR count). The van der Waals surface area contributed by atoms with Gasteiger partial charge in [-0.1, -0.05) is 41.9 Å². The number of anilines is 1. The van der Waals surface area contributed by atoms with Crippen LogP contribution in [-0.4, -0.2) is 10.9 Å². The van der Waals surface area contributed by atoms with Gasteiger partial charge in [0.15, 0.2) is 0 Å². The molecule has 0 spiro atoms. The van der Waals surface area contributed by atoms with Crippen molar-refractivity contribution < 1.29 is 4.79 Å². The monoisotopic (exact) mass is 358 g/mol. The van der Waals surface area contributed by atoms with Crippen molar-refractivity contribution in [1.82, 2.24) is 4.98 Å². The van der Waals surface area contributed by atoms with E-state index in [4.69, 9.17) is 23.2 Å². The number of carbonyl (C=O) groups is 1. The number of hydrogen-bond acceptors (Lipinski definition) is 2. The maximum atomic E-state index is 12.0. The summed E-state index contributed by atoms with van der Waals surface area (Å²) in [6.45, 7) is 0. The molecule has 3 nitrogen and oxygen atoms in total. The highest BCUT2D eigenvalue weighted by molar-refractivity contribution is 9.10. The molecule has 1 aromatic heterocycles. The lowest BCUT2D eigenvalue weighted by atomic mass is 10.1. The number of alkyl halides is 1. The van der Waals surface area contributed by atoms with E-state index >= 15 is 0 Å². The molecule has 19 heavy (non-hydrogen) atoms. The lowest BCUT2D eigenvalue weighted by Gasteiger charge is -2.11. The van der Waals surface area contributed by atoms with Crippen LogP contribution in [0.2, 0.25) is 5.15 Å². The van der Waals surface area contributed by atoms with Gasteiger partial charge in [-0.15, -0.1) is 11.6 Å². The summed E-state index contributed by atoms with van der Waals surface area (Å²) in [5.74, 6) is -0.316. The Bertz CT molecular complexity index is 592. The Kier molecular flexibility index (Phi) is 4.80. The number of benzene rings is 1. The topological polar surface area (TPSA) is 42.0 Å². The Labute approximate surface area is 129 Å². The Balaban J connectivity index is 2.10. The summed E-state index contributed by atoms with van der Waals surface area (Å²) in [5, 5.41) is 2.27. The molecule has 0 aliphatic heterocycles. The van der Waals surface area contributed by atoms with Crippen molar-refractivity contribution in [2.24, 2.45) is 0 Å². The summed E-state index contributed by atoms with van der Waals surface area (Å²) in [5.41, 5.74) is 1.27. The number of hydrogen-bond donors (Lipinski definition) is 1. The van der Waals surface area contributed by atoms with Gasteiger partial charge in [-0.3, -0.25) is 4.79 Å². The zero-order valence-electron chi connectivity index (χ0n) is 9.61. The van der Waals surface area contributed by atoms with E-state index in [-0.39, 0.29) is 5.91 Å².